The number of amides is 1. The molecule has 0 saturated carbocycles. The van der Waals surface area contributed by atoms with Gasteiger partial charge >= 0.3 is 0 Å². The highest BCUT2D eigenvalue weighted by Crippen LogP contribution is 2.18. The van der Waals surface area contributed by atoms with Gasteiger partial charge in [-0.3, -0.25) is 4.79 Å². The van der Waals surface area contributed by atoms with Crippen LogP contribution in [0.4, 0.5) is 5.69 Å². The maximum Gasteiger partial charge on any atom is 0.243 e. The first kappa shape index (κ1) is 13.7. The van der Waals surface area contributed by atoms with Crippen LogP contribution in [0.3, 0.4) is 0 Å². The molecule has 0 aliphatic carbocycles. The molecule has 0 radical (unpaired) electrons. The Morgan fingerprint density at radius 1 is 1.18 bits per heavy atom. The van der Waals surface area contributed by atoms with Crippen LogP contribution in [0, 0.1) is 19.8 Å². The Labute approximate surface area is 104 Å². The molecule has 0 saturated heterocycles. The summed E-state index contributed by atoms with van der Waals surface area (Å²) in [7, 11) is 1.78. The van der Waals surface area contributed by atoms with Gasteiger partial charge in [-0.05, 0) is 43.0 Å². The summed E-state index contributed by atoms with van der Waals surface area (Å²) >= 11 is 0. The Bertz CT molecular complexity index is 392. The molecule has 2 N–H and O–H groups in total. The summed E-state index contributed by atoms with van der Waals surface area (Å²) in [6.45, 7) is 7.96. The van der Waals surface area contributed by atoms with Gasteiger partial charge in [0.15, 0.2) is 0 Å². The summed E-state index contributed by atoms with van der Waals surface area (Å²) in [4.78, 5) is 13.8. The number of nitrogens with two attached hydrogens (primary N) is 1. The molecule has 1 atom stereocenters. The molecule has 0 heterocycles. The molecule has 3 heteroatoms. The lowest BCUT2D eigenvalue weighted by atomic mass is 10.0. The van der Waals surface area contributed by atoms with Gasteiger partial charge in [0.05, 0.1) is 6.04 Å². The van der Waals surface area contributed by atoms with Gasteiger partial charge in [-0.1, -0.05) is 19.9 Å². The van der Waals surface area contributed by atoms with Crippen molar-refractivity contribution in [3.05, 3.63) is 29.3 Å². The molecule has 1 rings (SSSR count). The van der Waals surface area contributed by atoms with E-state index in [4.69, 9.17) is 5.73 Å². The fourth-order valence-corrected chi connectivity index (χ4v) is 1.78. The van der Waals surface area contributed by atoms with Gasteiger partial charge in [0.2, 0.25) is 5.91 Å². The molecule has 0 aromatic heterocycles. The predicted molar refractivity (Wildman–Crippen MR) is 72.1 cm³/mol. The summed E-state index contributed by atoms with van der Waals surface area (Å²) in [5.41, 5.74) is 9.09. The number of hydrogen-bond acceptors (Lipinski definition) is 2. The van der Waals surface area contributed by atoms with Gasteiger partial charge in [0.1, 0.15) is 0 Å². The second-order valence-electron chi connectivity index (χ2n) is 5.01. The highest BCUT2D eigenvalue weighted by Gasteiger charge is 2.22. The van der Waals surface area contributed by atoms with Crippen LogP contribution >= 0.6 is 0 Å². The lowest BCUT2D eigenvalue weighted by molar-refractivity contribution is -0.120. The molecule has 0 unspecified atom stereocenters. The summed E-state index contributed by atoms with van der Waals surface area (Å²) in [6, 6.07) is 5.64. The molecule has 0 aliphatic rings. The summed E-state index contributed by atoms with van der Waals surface area (Å²) in [5.74, 6) is 0.112. The molecule has 1 aromatic carbocycles. The van der Waals surface area contributed by atoms with E-state index in [1.807, 2.05) is 39.8 Å². The van der Waals surface area contributed by atoms with Crippen molar-refractivity contribution in [2.45, 2.75) is 33.7 Å². The van der Waals surface area contributed by atoms with Gasteiger partial charge in [0.25, 0.3) is 0 Å². The van der Waals surface area contributed by atoms with Crippen LogP contribution in [-0.2, 0) is 4.79 Å². The molecular weight excluding hydrogens is 212 g/mol. The first-order valence-corrected chi connectivity index (χ1v) is 5.94. The van der Waals surface area contributed by atoms with Crippen molar-refractivity contribution >= 4 is 11.6 Å². The number of carbonyl (C=O) groups excluding carboxylic acids is 1. The monoisotopic (exact) mass is 234 g/mol. The Kier molecular flexibility index (Phi) is 4.29. The minimum absolute atomic E-state index is 0.0370. The maximum atomic E-state index is 12.1. The van der Waals surface area contributed by atoms with Crippen molar-refractivity contribution in [3.63, 3.8) is 0 Å². The summed E-state index contributed by atoms with van der Waals surface area (Å²) < 4.78 is 0. The number of aryl methyl sites for hydroxylation is 2. The number of likely N-dealkylation sites (N-methyl/N-ethyl adjacent to an activating group) is 1. The molecule has 0 bridgehead atoms. The predicted octanol–water partition coefficient (Wildman–Crippen LogP) is 2.25. The van der Waals surface area contributed by atoms with Crippen molar-refractivity contribution < 1.29 is 4.79 Å². The third-order valence-electron chi connectivity index (χ3n) is 2.93. The molecular formula is C14H22N2O. The van der Waals surface area contributed by atoms with Crippen molar-refractivity contribution in [3.8, 4) is 0 Å². The minimum atomic E-state index is -0.444. The maximum absolute atomic E-state index is 12.1. The number of hydrogen-bond donors (Lipinski definition) is 1. The Morgan fingerprint density at radius 2 is 1.65 bits per heavy atom. The Balaban J connectivity index is 2.96. The number of anilines is 1. The first-order chi connectivity index (χ1) is 7.82. The SMILES string of the molecule is Cc1cc(C)cc(N(C)C(=O)[C@@H](N)C(C)C)c1. The highest BCUT2D eigenvalue weighted by molar-refractivity contribution is 5.96. The van der Waals surface area contributed by atoms with Gasteiger partial charge in [0, 0.05) is 12.7 Å². The normalized spacial score (nSPS) is 12.6. The lowest BCUT2D eigenvalue weighted by Gasteiger charge is -2.24. The van der Waals surface area contributed by atoms with E-state index in [0.717, 1.165) is 16.8 Å². The molecule has 1 amide bonds. The number of carbonyl (C=O) groups is 1. The summed E-state index contributed by atoms with van der Waals surface area (Å²) in [6.07, 6.45) is 0. The fraction of sp³-hybridized carbons (Fsp3) is 0.500. The van der Waals surface area contributed by atoms with E-state index in [1.54, 1.807) is 11.9 Å². The van der Waals surface area contributed by atoms with E-state index < -0.39 is 6.04 Å². The Morgan fingerprint density at radius 3 is 2.06 bits per heavy atom. The zero-order valence-electron chi connectivity index (χ0n) is 11.3. The van der Waals surface area contributed by atoms with Gasteiger partial charge in [-0.2, -0.15) is 0 Å². The smallest absolute Gasteiger partial charge is 0.243 e. The lowest BCUT2D eigenvalue weighted by Crippen LogP contribution is -2.45. The molecule has 1 aromatic rings. The van der Waals surface area contributed by atoms with E-state index in [-0.39, 0.29) is 11.8 Å². The minimum Gasteiger partial charge on any atom is -0.320 e. The number of rotatable bonds is 3. The van der Waals surface area contributed by atoms with Crippen LogP contribution in [0.25, 0.3) is 0 Å². The fourth-order valence-electron chi connectivity index (χ4n) is 1.78. The van der Waals surface area contributed by atoms with Gasteiger partial charge in [-0.25, -0.2) is 0 Å². The van der Waals surface area contributed by atoms with Gasteiger partial charge < -0.3 is 10.6 Å². The Hall–Kier alpha value is -1.35. The van der Waals surface area contributed by atoms with Gasteiger partial charge in [-0.15, -0.1) is 0 Å². The van der Waals surface area contributed by atoms with Crippen LogP contribution in [-0.4, -0.2) is 19.0 Å². The van der Waals surface area contributed by atoms with E-state index in [0.29, 0.717) is 0 Å². The molecule has 0 aliphatic heterocycles. The molecule has 0 spiro atoms. The second kappa shape index (κ2) is 5.32. The van der Waals surface area contributed by atoms with E-state index in [1.165, 1.54) is 0 Å². The third-order valence-corrected chi connectivity index (χ3v) is 2.93. The van der Waals surface area contributed by atoms with Crippen molar-refractivity contribution in [2.75, 3.05) is 11.9 Å². The van der Waals surface area contributed by atoms with E-state index in [9.17, 15) is 4.79 Å². The van der Waals surface area contributed by atoms with E-state index in [2.05, 4.69) is 6.07 Å². The van der Waals surface area contributed by atoms with Crippen LogP contribution in [0.5, 0.6) is 0 Å². The average molecular weight is 234 g/mol. The standard InChI is InChI=1S/C14H22N2O/c1-9(2)13(15)14(17)16(5)12-7-10(3)6-11(4)8-12/h6-9,13H,15H2,1-5H3/t13-/m0/s1. The molecule has 17 heavy (non-hydrogen) atoms. The molecule has 94 valence electrons. The topological polar surface area (TPSA) is 46.3 Å². The van der Waals surface area contributed by atoms with E-state index >= 15 is 0 Å². The van der Waals surface area contributed by atoms with Crippen LogP contribution in [0.15, 0.2) is 18.2 Å². The first-order valence-electron chi connectivity index (χ1n) is 5.94. The van der Waals surface area contributed by atoms with Crippen molar-refractivity contribution in [1.29, 1.82) is 0 Å². The zero-order valence-corrected chi connectivity index (χ0v) is 11.3. The third kappa shape index (κ3) is 3.30. The molecule has 3 nitrogen and oxygen atoms in total. The average Bonchev–Trinajstić information content (AvgIpc) is 2.24. The second-order valence-corrected chi connectivity index (χ2v) is 5.01. The van der Waals surface area contributed by atoms with Crippen LogP contribution < -0.4 is 10.6 Å². The van der Waals surface area contributed by atoms with Crippen molar-refractivity contribution in [1.82, 2.24) is 0 Å². The zero-order chi connectivity index (χ0) is 13.2. The summed E-state index contributed by atoms with van der Waals surface area (Å²) in [5, 5.41) is 0. The number of nitrogens with zero attached hydrogens (tertiary/aromatic N) is 1. The van der Waals surface area contributed by atoms with Crippen molar-refractivity contribution in [2.24, 2.45) is 11.7 Å². The van der Waals surface area contributed by atoms with Crippen LogP contribution in [0.1, 0.15) is 25.0 Å². The largest absolute Gasteiger partial charge is 0.320 e. The molecule has 0 fully saturated rings. The quantitative estimate of drug-likeness (QED) is 0.872. The van der Waals surface area contributed by atoms with Crippen LogP contribution in [0.2, 0.25) is 0 Å². The highest BCUT2D eigenvalue weighted by atomic mass is 16.2. The number of benzene rings is 1.